The lowest BCUT2D eigenvalue weighted by atomic mass is 10.3. The first kappa shape index (κ1) is 9.00. The topological polar surface area (TPSA) is 74.6 Å². The van der Waals surface area contributed by atoms with E-state index in [1.807, 2.05) is 0 Å². The maximum absolute atomic E-state index is 10.2. The molecule has 0 rings (SSSR count). The van der Waals surface area contributed by atoms with Gasteiger partial charge in [-0.05, 0) is 12.2 Å². The molecule has 0 aromatic rings. The van der Waals surface area contributed by atoms with Crippen molar-refractivity contribution in [2.24, 2.45) is 0 Å². The molecule has 1 atom stereocenters. The summed E-state index contributed by atoms with van der Waals surface area (Å²) in [6, 6.07) is 0. The largest absolute Gasteiger partial charge is 0.393 e. The number of carbonyl (C=O) groups excluding carboxylic acids is 2. The van der Waals surface area contributed by atoms with Crippen molar-refractivity contribution in [3.05, 3.63) is 12.2 Å². The van der Waals surface area contributed by atoms with E-state index in [9.17, 15) is 9.59 Å². The molecule has 0 aliphatic carbocycles. The molecule has 0 radical (unpaired) electrons. The van der Waals surface area contributed by atoms with E-state index in [1.165, 1.54) is 0 Å². The van der Waals surface area contributed by atoms with Gasteiger partial charge in [0.05, 0.1) is 12.7 Å². The number of aliphatic hydroxyl groups is 2. The van der Waals surface area contributed by atoms with Gasteiger partial charge in [-0.15, -0.1) is 0 Å². The lowest BCUT2D eigenvalue weighted by Crippen LogP contribution is -2.08. The Kier molecular flexibility index (Phi) is 4.36. The second kappa shape index (κ2) is 4.84. The van der Waals surface area contributed by atoms with Crippen molar-refractivity contribution in [3.8, 4) is 0 Å². The van der Waals surface area contributed by atoms with Gasteiger partial charge in [-0.1, -0.05) is 0 Å². The van der Waals surface area contributed by atoms with E-state index >= 15 is 0 Å². The standard InChI is InChI=1S/C6H8O4/c7-3-5(9)1-2-6(10)4-8/h1-3,6,8,10H,4H2/b2-1+. The molecule has 0 saturated carbocycles. The van der Waals surface area contributed by atoms with Crippen LogP contribution in [0.5, 0.6) is 0 Å². The monoisotopic (exact) mass is 144 g/mol. The first-order valence-corrected chi connectivity index (χ1v) is 2.67. The molecule has 0 aliphatic rings. The summed E-state index contributed by atoms with van der Waals surface area (Å²) in [6.45, 7) is -0.456. The van der Waals surface area contributed by atoms with Crippen molar-refractivity contribution < 1.29 is 19.8 Å². The fraction of sp³-hybridized carbons (Fsp3) is 0.333. The highest BCUT2D eigenvalue weighted by atomic mass is 16.3. The lowest BCUT2D eigenvalue weighted by molar-refractivity contribution is -0.126. The molecule has 0 aliphatic heterocycles. The van der Waals surface area contributed by atoms with Gasteiger partial charge in [0.15, 0.2) is 6.29 Å². The van der Waals surface area contributed by atoms with Crippen LogP contribution in [0, 0.1) is 0 Å². The van der Waals surface area contributed by atoms with Crippen LogP contribution in [0.4, 0.5) is 0 Å². The van der Waals surface area contributed by atoms with Crippen LogP contribution in [0.25, 0.3) is 0 Å². The molecule has 4 heteroatoms. The van der Waals surface area contributed by atoms with Crippen molar-refractivity contribution in [3.63, 3.8) is 0 Å². The Morgan fingerprint density at radius 2 is 2.20 bits per heavy atom. The number of aldehydes is 1. The molecule has 0 aromatic carbocycles. The normalized spacial score (nSPS) is 13.4. The third-order valence-electron chi connectivity index (χ3n) is 0.786. The van der Waals surface area contributed by atoms with E-state index < -0.39 is 18.5 Å². The van der Waals surface area contributed by atoms with Crippen LogP contribution in [-0.4, -0.2) is 35.0 Å². The molecule has 0 amide bonds. The summed E-state index contributed by atoms with van der Waals surface area (Å²) in [5.41, 5.74) is 0. The fourth-order valence-corrected chi connectivity index (χ4v) is 0.306. The van der Waals surface area contributed by atoms with Gasteiger partial charge >= 0.3 is 0 Å². The van der Waals surface area contributed by atoms with Crippen molar-refractivity contribution in [1.82, 2.24) is 0 Å². The van der Waals surface area contributed by atoms with Gasteiger partial charge in [0.2, 0.25) is 5.78 Å². The lowest BCUT2D eigenvalue weighted by Gasteiger charge is -1.95. The molecular formula is C6H8O4. The summed E-state index contributed by atoms with van der Waals surface area (Å²) < 4.78 is 0. The number of allylic oxidation sites excluding steroid dienone is 1. The summed E-state index contributed by atoms with van der Waals surface area (Å²) in [5.74, 6) is -0.729. The summed E-state index contributed by atoms with van der Waals surface area (Å²) in [4.78, 5) is 19.8. The van der Waals surface area contributed by atoms with E-state index in [1.54, 1.807) is 0 Å². The molecule has 10 heavy (non-hydrogen) atoms. The van der Waals surface area contributed by atoms with Gasteiger partial charge in [0, 0.05) is 0 Å². The smallest absolute Gasteiger partial charge is 0.217 e. The Morgan fingerprint density at radius 3 is 2.60 bits per heavy atom. The SMILES string of the molecule is O=CC(=O)/C=C/C(O)CO. The van der Waals surface area contributed by atoms with Crippen LogP contribution < -0.4 is 0 Å². The Morgan fingerprint density at radius 1 is 1.60 bits per heavy atom. The second-order valence-corrected chi connectivity index (χ2v) is 1.63. The Balaban J connectivity index is 3.74. The minimum atomic E-state index is -1.07. The molecular weight excluding hydrogens is 136 g/mol. The second-order valence-electron chi connectivity index (χ2n) is 1.63. The Bertz CT molecular complexity index is 150. The molecule has 0 bridgehead atoms. The zero-order chi connectivity index (χ0) is 7.98. The van der Waals surface area contributed by atoms with Gasteiger partial charge in [-0.25, -0.2) is 0 Å². The summed E-state index contributed by atoms with van der Waals surface area (Å²) in [6.07, 6.45) is 1.02. The zero-order valence-electron chi connectivity index (χ0n) is 5.23. The molecule has 0 aromatic heterocycles. The predicted molar refractivity (Wildman–Crippen MR) is 33.3 cm³/mol. The van der Waals surface area contributed by atoms with Crippen LogP contribution in [-0.2, 0) is 9.59 Å². The Hall–Kier alpha value is -1.00. The van der Waals surface area contributed by atoms with Gasteiger partial charge in [-0.3, -0.25) is 9.59 Å². The molecule has 0 fully saturated rings. The van der Waals surface area contributed by atoms with Gasteiger partial charge < -0.3 is 10.2 Å². The third kappa shape index (κ3) is 3.94. The van der Waals surface area contributed by atoms with Crippen LogP contribution in [0.1, 0.15) is 0 Å². The van der Waals surface area contributed by atoms with E-state index in [0.717, 1.165) is 12.2 Å². The predicted octanol–water partition coefficient (Wildman–Crippen LogP) is -1.34. The number of carbonyl (C=O) groups is 2. The average Bonchev–Trinajstić information content (AvgIpc) is 1.99. The maximum atomic E-state index is 10.2. The maximum Gasteiger partial charge on any atom is 0.217 e. The minimum absolute atomic E-state index is 0.126. The highest BCUT2D eigenvalue weighted by Gasteiger charge is 1.95. The number of hydrogen-bond donors (Lipinski definition) is 2. The fourth-order valence-electron chi connectivity index (χ4n) is 0.306. The van der Waals surface area contributed by atoms with Crippen LogP contribution in [0.3, 0.4) is 0 Å². The Labute approximate surface area is 57.8 Å². The van der Waals surface area contributed by atoms with E-state index in [2.05, 4.69) is 0 Å². The van der Waals surface area contributed by atoms with Crippen LogP contribution in [0.15, 0.2) is 12.2 Å². The van der Waals surface area contributed by atoms with Crippen LogP contribution >= 0.6 is 0 Å². The highest BCUT2D eigenvalue weighted by Crippen LogP contribution is 1.82. The van der Waals surface area contributed by atoms with Gasteiger partial charge in [-0.2, -0.15) is 0 Å². The van der Waals surface area contributed by atoms with Gasteiger partial charge in [0.25, 0.3) is 0 Å². The quantitative estimate of drug-likeness (QED) is 0.291. The first-order valence-electron chi connectivity index (χ1n) is 2.67. The number of hydrogen-bond acceptors (Lipinski definition) is 4. The molecule has 4 nitrogen and oxygen atoms in total. The zero-order valence-corrected chi connectivity index (χ0v) is 5.23. The number of ketones is 1. The highest BCUT2D eigenvalue weighted by molar-refractivity contribution is 6.30. The van der Waals surface area contributed by atoms with Gasteiger partial charge in [0.1, 0.15) is 0 Å². The third-order valence-corrected chi connectivity index (χ3v) is 0.786. The average molecular weight is 144 g/mol. The molecule has 1 unspecified atom stereocenters. The van der Waals surface area contributed by atoms with Crippen LogP contribution in [0.2, 0.25) is 0 Å². The van der Waals surface area contributed by atoms with E-state index in [4.69, 9.17) is 10.2 Å². The summed E-state index contributed by atoms with van der Waals surface area (Å²) in [7, 11) is 0. The summed E-state index contributed by atoms with van der Waals surface area (Å²) in [5, 5.41) is 16.8. The molecule has 2 N–H and O–H groups in total. The molecule has 0 saturated heterocycles. The first-order chi connectivity index (χ1) is 4.70. The molecule has 0 heterocycles. The van der Waals surface area contributed by atoms with Crippen molar-refractivity contribution >= 4 is 12.1 Å². The van der Waals surface area contributed by atoms with Crippen molar-refractivity contribution in [1.29, 1.82) is 0 Å². The van der Waals surface area contributed by atoms with E-state index in [0.29, 0.717) is 0 Å². The molecule has 0 spiro atoms. The summed E-state index contributed by atoms with van der Waals surface area (Å²) >= 11 is 0. The molecule has 56 valence electrons. The minimum Gasteiger partial charge on any atom is -0.393 e. The van der Waals surface area contributed by atoms with Crippen molar-refractivity contribution in [2.45, 2.75) is 6.10 Å². The number of rotatable bonds is 4. The number of aliphatic hydroxyl groups excluding tert-OH is 2. The van der Waals surface area contributed by atoms with Crippen molar-refractivity contribution in [2.75, 3.05) is 6.61 Å². The van der Waals surface area contributed by atoms with E-state index in [-0.39, 0.29) is 6.29 Å².